The lowest BCUT2D eigenvalue weighted by atomic mass is 10.1. The van der Waals surface area contributed by atoms with E-state index in [2.05, 4.69) is 5.16 Å². The minimum Gasteiger partial charge on any atom is -0.411 e. The SMILES string of the molecule is CCCCO[P+](=O)OC(CC=NO)c1ccccc1.[H+]. The fourth-order valence-electron chi connectivity index (χ4n) is 1.47. The van der Waals surface area contributed by atoms with Gasteiger partial charge in [-0.25, -0.2) is 0 Å². The van der Waals surface area contributed by atoms with E-state index in [0.717, 1.165) is 18.4 Å². The molecular formula is C13H20NO4P+2. The van der Waals surface area contributed by atoms with Gasteiger partial charge in [0.2, 0.25) is 0 Å². The highest BCUT2D eigenvalue weighted by atomic mass is 31.1. The van der Waals surface area contributed by atoms with Crippen molar-refractivity contribution >= 4 is 14.5 Å². The van der Waals surface area contributed by atoms with Crippen LogP contribution in [-0.2, 0) is 13.6 Å². The highest BCUT2D eigenvalue weighted by molar-refractivity contribution is 7.33. The quantitative estimate of drug-likeness (QED) is 0.243. The zero-order chi connectivity index (χ0) is 13.9. The Labute approximate surface area is 115 Å². The molecule has 104 valence electrons. The van der Waals surface area contributed by atoms with Crippen LogP contribution in [0.3, 0.4) is 0 Å². The van der Waals surface area contributed by atoms with Gasteiger partial charge >= 0.3 is 9.68 Å². The predicted molar refractivity (Wildman–Crippen MR) is 74.7 cm³/mol. The Morgan fingerprint density at radius 3 is 2.84 bits per heavy atom. The van der Waals surface area contributed by atoms with E-state index in [-0.39, 0.29) is 1.43 Å². The Kier molecular flexibility index (Phi) is 7.98. The fraction of sp³-hybridized carbons (Fsp3) is 0.462. The third-order valence-electron chi connectivity index (χ3n) is 2.48. The number of hydrogen-bond donors (Lipinski definition) is 1. The van der Waals surface area contributed by atoms with Crippen LogP contribution in [0.25, 0.3) is 0 Å². The summed E-state index contributed by atoms with van der Waals surface area (Å²) >= 11 is 0. The monoisotopic (exact) mass is 285 g/mol. The van der Waals surface area contributed by atoms with Crippen molar-refractivity contribution in [2.75, 3.05) is 6.61 Å². The van der Waals surface area contributed by atoms with E-state index in [9.17, 15) is 4.57 Å². The van der Waals surface area contributed by atoms with Gasteiger partial charge in [-0.05, 0) is 12.0 Å². The third kappa shape index (κ3) is 6.43. The normalized spacial score (nSPS) is 13.6. The first-order valence-corrected chi connectivity index (χ1v) is 7.35. The smallest absolute Gasteiger partial charge is 0.411 e. The second-order valence-electron chi connectivity index (χ2n) is 3.95. The van der Waals surface area contributed by atoms with Gasteiger partial charge in [0.15, 0.2) is 0 Å². The highest BCUT2D eigenvalue weighted by Gasteiger charge is 2.27. The standard InChI is InChI=1S/C13H18NO4P/c1-2-3-11-17-19(16)18-13(9-10-14-15)12-7-5-4-6-8-12/h4-8,10,13H,2-3,9,11H2,1H3/p+2. The number of oxime groups is 1. The van der Waals surface area contributed by atoms with Gasteiger partial charge in [-0.1, -0.05) is 43.7 Å². The molecule has 1 aromatic carbocycles. The van der Waals surface area contributed by atoms with Crippen LogP contribution in [-0.4, -0.2) is 18.0 Å². The molecule has 0 saturated carbocycles. The molecule has 0 aromatic heterocycles. The predicted octanol–water partition coefficient (Wildman–Crippen LogP) is 4.18. The van der Waals surface area contributed by atoms with Crippen molar-refractivity contribution in [3.63, 3.8) is 0 Å². The summed E-state index contributed by atoms with van der Waals surface area (Å²) in [5.74, 6) is 0. The first-order chi connectivity index (χ1) is 9.27. The van der Waals surface area contributed by atoms with Crippen LogP contribution in [0.15, 0.2) is 35.5 Å². The maximum atomic E-state index is 11.7. The molecule has 0 aliphatic carbocycles. The maximum Gasteiger partial charge on any atom is 1.00 e. The molecule has 2 atom stereocenters. The van der Waals surface area contributed by atoms with Crippen LogP contribution >= 0.6 is 8.25 Å². The summed E-state index contributed by atoms with van der Waals surface area (Å²) < 4.78 is 22.1. The number of rotatable bonds is 9. The molecule has 0 amide bonds. The van der Waals surface area contributed by atoms with Crippen LogP contribution in [0.4, 0.5) is 0 Å². The zero-order valence-electron chi connectivity index (χ0n) is 11.9. The topological polar surface area (TPSA) is 68.1 Å². The first kappa shape index (κ1) is 15.8. The molecule has 6 heteroatoms. The summed E-state index contributed by atoms with van der Waals surface area (Å²) in [6, 6.07) is 9.36. The molecule has 5 nitrogen and oxygen atoms in total. The molecule has 19 heavy (non-hydrogen) atoms. The number of benzene rings is 1. The van der Waals surface area contributed by atoms with Crippen molar-refractivity contribution in [3.8, 4) is 0 Å². The number of nitrogens with zero attached hydrogens (tertiary/aromatic N) is 1. The summed E-state index contributed by atoms with van der Waals surface area (Å²) in [6.07, 6.45) is 3.02. The molecule has 0 heterocycles. The molecular weight excluding hydrogens is 265 g/mol. The van der Waals surface area contributed by atoms with Crippen LogP contribution in [0.1, 0.15) is 39.3 Å². The summed E-state index contributed by atoms with van der Waals surface area (Å²) in [4.78, 5) is 0. The second-order valence-corrected chi connectivity index (χ2v) is 4.87. The van der Waals surface area contributed by atoms with E-state index in [4.69, 9.17) is 14.3 Å². The van der Waals surface area contributed by atoms with Gasteiger partial charge in [-0.2, -0.15) is 0 Å². The highest BCUT2D eigenvalue weighted by Crippen LogP contribution is 2.34. The Bertz CT molecular complexity index is 403. The Morgan fingerprint density at radius 2 is 2.21 bits per heavy atom. The van der Waals surface area contributed by atoms with Crippen molar-refractivity contribution in [2.45, 2.75) is 32.3 Å². The van der Waals surface area contributed by atoms with Crippen molar-refractivity contribution in [1.82, 2.24) is 0 Å². The summed E-state index contributed by atoms with van der Waals surface area (Å²) in [5.41, 5.74) is 0.866. The van der Waals surface area contributed by atoms with E-state index in [1.165, 1.54) is 6.21 Å². The molecule has 0 saturated heterocycles. The summed E-state index contributed by atoms with van der Waals surface area (Å²) in [7, 11) is -2.17. The Morgan fingerprint density at radius 1 is 1.47 bits per heavy atom. The molecule has 0 aliphatic heterocycles. The molecule has 0 radical (unpaired) electrons. The third-order valence-corrected chi connectivity index (χ3v) is 3.30. The van der Waals surface area contributed by atoms with Gasteiger partial charge in [0.05, 0.1) is 0 Å². The van der Waals surface area contributed by atoms with Crippen molar-refractivity contribution in [2.24, 2.45) is 5.16 Å². The Balaban J connectivity index is 0.00000361. The fourth-order valence-corrected chi connectivity index (χ4v) is 2.22. The van der Waals surface area contributed by atoms with E-state index in [1.807, 2.05) is 37.3 Å². The van der Waals surface area contributed by atoms with Crippen molar-refractivity contribution in [1.29, 1.82) is 0 Å². The average Bonchev–Trinajstić information content (AvgIpc) is 2.44. The average molecular weight is 285 g/mol. The Hall–Kier alpha value is -1.29. The molecule has 0 bridgehead atoms. The van der Waals surface area contributed by atoms with E-state index < -0.39 is 14.4 Å². The molecule has 0 aliphatic rings. The van der Waals surface area contributed by atoms with Gasteiger partial charge in [-0.15, -0.1) is 14.2 Å². The van der Waals surface area contributed by atoms with Gasteiger partial charge in [0, 0.05) is 17.2 Å². The lowest BCUT2D eigenvalue weighted by Gasteiger charge is -2.07. The van der Waals surface area contributed by atoms with Crippen LogP contribution in [0.5, 0.6) is 0 Å². The van der Waals surface area contributed by atoms with Gasteiger partial charge in [-0.3, -0.25) is 0 Å². The van der Waals surface area contributed by atoms with Crippen molar-refractivity contribution in [3.05, 3.63) is 35.9 Å². The minimum atomic E-state index is -2.17. The summed E-state index contributed by atoms with van der Waals surface area (Å²) in [5, 5.41) is 11.4. The maximum absolute atomic E-state index is 11.7. The van der Waals surface area contributed by atoms with Crippen LogP contribution in [0.2, 0.25) is 0 Å². The number of hydrogen-bond acceptors (Lipinski definition) is 5. The van der Waals surface area contributed by atoms with E-state index >= 15 is 0 Å². The van der Waals surface area contributed by atoms with Gasteiger partial charge in [0.1, 0.15) is 12.7 Å². The summed E-state index contributed by atoms with van der Waals surface area (Å²) in [6.45, 7) is 2.45. The molecule has 1 aromatic rings. The lowest BCUT2D eigenvalue weighted by Crippen LogP contribution is -2.02. The van der Waals surface area contributed by atoms with Crippen LogP contribution < -0.4 is 0 Å². The molecule has 1 rings (SSSR count). The van der Waals surface area contributed by atoms with Crippen LogP contribution in [0, 0.1) is 0 Å². The minimum absolute atomic E-state index is 0. The second kappa shape index (κ2) is 9.62. The van der Waals surface area contributed by atoms with E-state index in [1.54, 1.807) is 0 Å². The lowest BCUT2D eigenvalue weighted by molar-refractivity contribution is 0.168. The van der Waals surface area contributed by atoms with Gasteiger partial charge in [0.25, 0.3) is 0 Å². The largest absolute Gasteiger partial charge is 1.00 e. The molecule has 1 N–H and O–H groups in total. The molecule has 0 fully saturated rings. The van der Waals surface area contributed by atoms with E-state index in [0.29, 0.717) is 13.0 Å². The first-order valence-electron chi connectivity index (χ1n) is 6.25. The molecule has 2 unspecified atom stereocenters. The number of unbranched alkanes of at least 4 members (excludes halogenated alkanes) is 1. The zero-order valence-corrected chi connectivity index (χ0v) is 11.8. The molecule has 0 spiro atoms. The van der Waals surface area contributed by atoms with Crippen molar-refractivity contribution < 1.29 is 20.2 Å². The van der Waals surface area contributed by atoms with Gasteiger partial charge < -0.3 is 5.21 Å².